The molecule has 0 saturated carbocycles. The third-order valence-electron chi connectivity index (χ3n) is 3.66. The summed E-state index contributed by atoms with van der Waals surface area (Å²) < 4.78 is 0. The monoisotopic (exact) mass is 315 g/mol. The van der Waals surface area contributed by atoms with Crippen molar-refractivity contribution >= 4 is 24.1 Å². The minimum atomic E-state index is 0.978. The highest BCUT2D eigenvalue weighted by atomic mass is 32.2. The second-order valence-corrected chi connectivity index (χ2v) is 6.58. The molecule has 0 heterocycles. The van der Waals surface area contributed by atoms with E-state index in [1.807, 2.05) is 6.92 Å². The predicted molar refractivity (Wildman–Crippen MR) is 103 cm³/mol. The highest BCUT2D eigenvalue weighted by Gasteiger charge is 1.98. The second kappa shape index (κ2) is 11.3. The molecule has 0 aliphatic carbocycles. The molecule has 1 aromatic carbocycles. The molecule has 120 valence electrons. The smallest absolute Gasteiger partial charge is 0.0459 e. The normalized spacial score (nSPS) is 11.5. The maximum Gasteiger partial charge on any atom is 0.0459 e. The Labute approximate surface area is 140 Å². The van der Waals surface area contributed by atoms with E-state index in [4.69, 9.17) is 0 Å². The zero-order valence-corrected chi connectivity index (χ0v) is 14.9. The van der Waals surface area contributed by atoms with Crippen molar-refractivity contribution < 1.29 is 0 Å². The lowest BCUT2D eigenvalue weighted by Crippen LogP contribution is -1.84. The Kier molecular flexibility index (Phi) is 9.65. The van der Waals surface area contributed by atoms with Crippen LogP contribution in [0.15, 0.2) is 46.9 Å². The number of benzene rings is 1. The average molecular weight is 316 g/mol. The first-order valence-electron chi connectivity index (χ1n) is 8.19. The fraction of sp³-hybridized carbons (Fsp3) is 0.450. The van der Waals surface area contributed by atoms with Crippen LogP contribution in [0.4, 0.5) is 0 Å². The van der Waals surface area contributed by atoms with Crippen LogP contribution in [0, 0.1) is 0 Å². The molecule has 1 aromatic rings. The van der Waals surface area contributed by atoms with Crippen LogP contribution in [0.25, 0.3) is 5.57 Å². The van der Waals surface area contributed by atoms with Crippen molar-refractivity contribution in [1.29, 1.82) is 0 Å². The minimum absolute atomic E-state index is 0.978. The van der Waals surface area contributed by atoms with Crippen molar-refractivity contribution in [2.45, 2.75) is 58.1 Å². The summed E-state index contributed by atoms with van der Waals surface area (Å²) >= 11 is 1.80. The summed E-state index contributed by atoms with van der Waals surface area (Å²) in [6.45, 7) is 11.9. The van der Waals surface area contributed by atoms with E-state index in [9.17, 15) is 0 Å². The van der Waals surface area contributed by atoms with Crippen molar-refractivity contribution in [2.75, 3.05) is 0 Å². The zero-order chi connectivity index (χ0) is 16.2. The molecule has 0 unspecified atom stereocenters. The summed E-state index contributed by atoms with van der Waals surface area (Å²) in [4.78, 5) is 4.15. The van der Waals surface area contributed by atoms with E-state index in [1.165, 1.54) is 43.2 Å². The van der Waals surface area contributed by atoms with Gasteiger partial charge in [-0.05, 0) is 43.0 Å². The van der Waals surface area contributed by atoms with Crippen LogP contribution >= 0.6 is 11.8 Å². The van der Waals surface area contributed by atoms with Crippen molar-refractivity contribution in [3.63, 3.8) is 0 Å². The summed E-state index contributed by atoms with van der Waals surface area (Å²) in [5.74, 6) is 0.978. The summed E-state index contributed by atoms with van der Waals surface area (Å²) in [7, 11) is 0. The van der Waals surface area contributed by atoms with Gasteiger partial charge >= 0.3 is 0 Å². The van der Waals surface area contributed by atoms with Gasteiger partial charge in [0.2, 0.25) is 0 Å². The molecule has 1 nitrogen and oxygen atoms in total. The Morgan fingerprint density at radius 1 is 1.14 bits per heavy atom. The Hall–Kier alpha value is -1.28. The molecular weight excluding hydrogens is 286 g/mol. The number of allylic oxidation sites excluding steroid dienone is 2. The van der Waals surface area contributed by atoms with Gasteiger partial charge in [-0.3, -0.25) is 4.99 Å². The lowest BCUT2D eigenvalue weighted by atomic mass is 10.1. The molecule has 0 aliphatic heterocycles. The molecule has 0 spiro atoms. The second-order valence-electron chi connectivity index (χ2n) is 5.72. The predicted octanol–water partition coefficient (Wildman–Crippen LogP) is 6.86. The quantitative estimate of drug-likeness (QED) is 0.321. The fourth-order valence-corrected chi connectivity index (χ4v) is 3.06. The molecule has 0 saturated heterocycles. The average Bonchev–Trinajstić information content (AvgIpc) is 2.53. The molecule has 1 rings (SSSR count). The van der Waals surface area contributed by atoms with Gasteiger partial charge in [0.1, 0.15) is 0 Å². The van der Waals surface area contributed by atoms with Crippen LogP contribution < -0.4 is 0 Å². The molecule has 0 atom stereocenters. The number of hydrogen-bond donors (Lipinski definition) is 0. The Bertz CT molecular complexity index is 485. The molecule has 0 bridgehead atoms. The Morgan fingerprint density at radius 3 is 2.41 bits per heavy atom. The topological polar surface area (TPSA) is 12.4 Å². The van der Waals surface area contributed by atoms with Crippen LogP contribution in [0.1, 0.15) is 63.5 Å². The number of unbranched alkanes of at least 4 members (excludes halogenated alkanes) is 4. The largest absolute Gasteiger partial charge is 0.269 e. The summed E-state index contributed by atoms with van der Waals surface area (Å²) in [6, 6.07) is 8.64. The van der Waals surface area contributed by atoms with Crippen LogP contribution in [0.3, 0.4) is 0 Å². The standard InChI is InChI=1S/C20H29NS/c1-5-6-7-8-9-10-20(21-4)16-22-15-18-11-13-19(14-12-18)17(2)3/h11-14,16H,2,4-10,15H2,1,3H3/b20-16-. The molecule has 0 aromatic heterocycles. The zero-order valence-electron chi connectivity index (χ0n) is 14.1. The summed E-state index contributed by atoms with van der Waals surface area (Å²) in [5, 5.41) is 2.17. The van der Waals surface area contributed by atoms with E-state index >= 15 is 0 Å². The lowest BCUT2D eigenvalue weighted by molar-refractivity contribution is 0.630. The van der Waals surface area contributed by atoms with Crippen LogP contribution in [-0.2, 0) is 5.75 Å². The summed E-state index contributed by atoms with van der Waals surface area (Å²) in [6.07, 6.45) is 7.54. The van der Waals surface area contributed by atoms with E-state index in [-0.39, 0.29) is 0 Å². The first-order chi connectivity index (χ1) is 10.7. The van der Waals surface area contributed by atoms with Gasteiger partial charge in [0.25, 0.3) is 0 Å². The molecular formula is C20H29NS. The SMILES string of the molecule is C=N/C(=C\SCc1ccc(C(=C)C)cc1)CCCCCCC. The van der Waals surface area contributed by atoms with Gasteiger partial charge in [0.05, 0.1) is 0 Å². The van der Waals surface area contributed by atoms with Gasteiger partial charge in [0.15, 0.2) is 0 Å². The highest BCUT2D eigenvalue weighted by molar-refractivity contribution is 8.01. The Morgan fingerprint density at radius 2 is 1.82 bits per heavy atom. The third kappa shape index (κ3) is 7.65. The molecule has 0 aliphatic rings. The van der Waals surface area contributed by atoms with Crippen molar-refractivity contribution in [2.24, 2.45) is 4.99 Å². The maximum absolute atomic E-state index is 4.15. The first kappa shape index (κ1) is 18.8. The molecule has 22 heavy (non-hydrogen) atoms. The van der Waals surface area contributed by atoms with Crippen molar-refractivity contribution in [3.8, 4) is 0 Å². The van der Waals surface area contributed by atoms with Gasteiger partial charge in [-0.15, -0.1) is 11.8 Å². The van der Waals surface area contributed by atoms with Crippen molar-refractivity contribution in [3.05, 3.63) is 53.1 Å². The first-order valence-corrected chi connectivity index (χ1v) is 9.24. The van der Waals surface area contributed by atoms with E-state index in [0.29, 0.717) is 0 Å². The highest BCUT2D eigenvalue weighted by Crippen LogP contribution is 2.20. The van der Waals surface area contributed by atoms with Gasteiger partial charge in [-0.2, -0.15) is 0 Å². The molecule has 0 fully saturated rings. The fourth-order valence-electron chi connectivity index (χ4n) is 2.20. The number of thioether (sulfide) groups is 1. The Balaban J connectivity index is 2.35. The van der Waals surface area contributed by atoms with Crippen LogP contribution in [0.5, 0.6) is 0 Å². The van der Waals surface area contributed by atoms with Gasteiger partial charge in [0, 0.05) is 11.4 Å². The van der Waals surface area contributed by atoms with Crippen LogP contribution in [-0.4, -0.2) is 6.72 Å². The van der Waals surface area contributed by atoms with Gasteiger partial charge < -0.3 is 0 Å². The summed E-state index contributed by atoms with van der Waals surface area (Å²) in [5.41, 5.74) is 4.78. The number of rotatable bonds is 11. The van der Waals surface area contributed by atoms with E-state index in [1.54, 1.807) is 11.8 Å². The number of nitrogens with zero attached hydrogens (tertiary/aromatic N) is 1. The molecule has 2 heteroatoms. The van der Waals surface area contributed by atoms with Crippen molar-refractivity contribution in [1.82, 2.24) is 0 Å². The minimum Gasteiger partial charge on any atom is -0.269 e. The van der Waals surface area contributed by atoms with E-state index < -0.39 is 0 Å². The molecule has 0 amide bonds. The third-order valence-corrected chi connectivity index (χ3v) is 4.59. The van der Waals surface area contributed by atoms with E-state index in [2.05, 4.69) is 54.9 Å². The van der Waals surface area contributed by atoms with Gasteiger partial charge in [-0.1, -0.05) is 69.0 Å². The molecule has 0 N–H and O–H groups in total. The maximum atomic E-state index is 4.15. The van der Waals surface area contributed by atoms with E-state index in [0.717, 1.165) is 23.4 Å². The number of hydrogen-bond acceptors (Lipinski definition) is 2. The number of aliphatic imine (C=N–C) groups is 1. The molecule has 0 radical (unpaired) electrons. The van der Waals surface area contributed by atoms with Crippen LogP contribution in [0.2, 0.25) is 0 Å². The lowest BCUT2D eigenvalue weighted by Gasteiger charge is -2.04. The van der Waals surface area contributed by atoms with Gasteiger partial charge in [-0.25, -0.2) is 0 Å².